The summed E-state index contributed by atoms with van der Waals surface area (Å²) in [4.78, 5) is 15.1. The monoisotopic (exact) mass is 457 g/mol. The molecule has 0 saturated heterocycles. The molecule has 3 rings (SSSR count). The Morgan fingerprint density at radius 1 is 1.06 bits per heavy atom. The molecule has 0 unspecified atom stereocenters. The number of carbonyl (C=O) groups excluding carboxylic acids is 1. The molecule has 1 aromatic heterocycles. The van der Waals surface area contributed by atoms with Gasteiger partial charge in [-0.1, -0.05) is 30.3 Å². The zero-order valence-electron chi connectivity index (χ0n) is 19.1. The number of ether oxygens (including phenoxy) is 1. The van der Waals surface area contributed by atoms with Crippen LogP contribution in [-0.4, -0.2) is 60.9 Å². The van der Waals surface area contributed by atoms with Crippen molar-refractivity contribution >= 4 is 26.7 Å². The Morgan fingerprint density at radius 2 is 1.78 bits per heavy atom. The Bertz CT molecular complexity index is 1170. The summed E-state index contributed by atoms with van der Waals surface area (Å²) < 4.78 is 35.4. The van der Waals surface area contributed by atoms with E-state index in [4.69, 9.17) is 4.74 Å². The number of fused-ring (bicyclic) bond motifs is 1. The largest absolute Gasteiger partial charge is 0.383 e. The Kier molecular flexibility index (Phi) is 7.71. The molecule has 7 nitrogen and oxygen atoms in total. The fourth-order valence-electron chi connectivity index (χ4n) is 3.59. The Balaban J connectivity index is 1.86. The number of methoxy groups -OCH3 is 1. The first-order chi connectivity index (χ1) is 15.2. The summed E-state index contributed by atoms with van der Waals surface area (Å²) in [5.74, 6) is -0.263. The van der Waals surface area contributed by atoms with E-state index in [1.54, 1.807) is 44.1 Å². The second-order valence-corrected chi connectivity index (χ2v) is 9.96. The number of rotatable bonds is 10. The summed E-state index contributed by atoms with van der Waals surface area (Å²) in [5, 5.41) is 1.81. The van der Waals surface area contributed by atoms with Gasteiger partial charge in [0.15, 0.2) is 0 Å². The average Bonchev–Trinajstić information content (AvgIpc) is 3.18. The van der Waals surface area contributed by atoms with E-state index in [1.165, 1.54) is 4.31 Å². The molecule has 1 amide bonds. The third-order valence-electron chi connectivity index (χ3n) is 5.52. The highest BCUT2D eigenvalue weighted by Crippen LogP contribution is 2.23. The highest BCUT2D eigenvalue weighted by Gasteiger charge is 2.31. The maximum atomic E-state index is 13.5. The van der Waals surface area contributed by atoms with Gasteiger partial charge < -0.3 is 14.2 Å². The number of benzene rings is 2. The molecular weight excluding hydrogens is 426 g/mol. The molecule has 0 aliphatic rings. The second-order valence-electron chi connectivity index (χ2n) is 8.07. The fraction of sp³-hybridized carbons (Fsp3) is 0.375. The van der Waals surface area contributed by atoms with Crippen LogP contribution in [0.25, 0.3) is 10.8 Å². The molecule has 0 bridgehead atoms. The predicted molar refractivity (Wildman–Crippen MR) is 126 cm³/mol. The second kappa shape index (κ2) is 10.3. The van der Waals surface area contributed by atoms with E-state index in [1.807, 2.05) is 54.2 Å². The standard InChI is InChI=1S/C24H31N3O4S/c1-19(2)27(32(29,30)23-12-11-20-8-5-6-9-21(20)16-23)18-24(28)26(14-15-31-4)17-22-10-7-13-25(22)3/h5-13,16,19H,14-15,17-18H2,1-4H3. The minimum atomic E-state index is -3.86. The maximum absolute atomic E-state index is 13.5. The molecule has 0 aliphatic heterocycles. The van der Waals surface area contributed by atoms with E-state index >= 15 is 0 Å². The summed E-state index contributed by atoms with van der Waals surface area (Å²) >= 11 is 0. The van der Waals surface area contributed by atoms with Crippen molar-refractivity contribution in [2.24, 2.45) is 7.05 Å². The molecule has 0 spiro atoms. The van der Waals surface area contributed by atoms with Gasteiger partial charge in [0.25, 0.3) is 0 Å². The molecular formula is C24H31N3O4S. The molecule has 0 atom stereocenters. The van der Waals surface area contributed by atoms with Crippen molar-refractivity contribution in [2.75, 3.05) is 26.8 Å². The van der Waals surface area contributed by atoms with Crippen LogP contribution in [0.15, 0.2) is 65.7 Å². The van der Waals surface area contributed by atoms with E-state index in [2.05, 4.69) is 0 Å². The number of aromatic nitrogens is 1. The average molecular weight is 458 g/mol. The van der Waals surface area contributed by atoms with Crippen LogP contribution >= 0.6 is 0 Å². The number of carbonyl (C=O) groups is 1. The number of hydrogen-bond acceptors (Lipinski definition) is 4. The summed E-state index contributed by atoms with van der Waals surface area (Å²) in [6.45, 7) is 4.46. The van der Waals surface area contributed by atoms with Crippen LogP contribution in [0.2, 0.25) is 0 Å². The van der Waals surface area contributed by atoms with Gasteiger partial charge in [-0.05, 0) is 48.9 Å². The van der Waals surface area contributed by atoms with Crippen LogP contribution in [0.5, 0.6) is 0 Å². The van der Waals surface area contributed by atoms with Crippen molar-refractivity contribution in [1.82, 2.24) is 13.8 Å². The molecule has 3 aromatic rings. The van der Waals surface area contributed by atoms with Gasteiger partial charge in [0.2, 0.25) is 15.9 Å². The van der Waals surface area contributed by atoms with Crippen LogP contribution in [0.3, 0.4) is 0 Å². The van der Waals surface area contributed by atoms with Crippen LogP contribution in [-0.2, 0) is 33.1 Å². The van der Waals surface area contributed by atoms with Crippen molar-refractivity contribution in [3.63, 3.8) is 0 Å². The van der Waals surface area contributed by atoms with Gasteiger partial charge in [0, 0.05) is 38.6 Å². The Labute approximate surface area is 190 Å². The van der Waals surface area contributed by atoms with Gasteiger partial charge in [-0.3, -0.25) is 4.79 Å². The summed E-state index contributed by atoms with van der Waals surface area (Å²) in [6.07, 6.45) is 1.92. The lowest BCUT2D eigenvalue weighted by atomic mass is 10.1. The number of aryl methyl sites for hydroxylation is 1. The number of nitrogens with zero attached hydrogens (tertiary/aromatic N) is 3. The summed E-state index contributed by atoms with van der Waals surface area (Å²) in [6, 6.07) is 16.1. The normalized spacial score (nSPS) is 12.1. The van der Waals surface area contributed by atoms with E-state index in [0.29, 0.717) is 19.7 Å². The third kappa shape index (κ3) is 5.38. The molecule has 0 saturated carbocycles. The minimum absolute atomic E-state index is 0.184. The Hall–Kier alpha value is -2.68. The first kappa shape index (κ1) is 24.0. The first-order valence-corrected chi connectivity index (χ1v) is 12.1. The first-order valence-electron chi connectivity index (χ1n) is 10.6. The van der Waals surface area contributed by atoms with E-state index in [0.717, 1.165) is 16.5 Å². The molecule has 0 radical (unpaired) electrons. The van der Waals surface area contributed by atoms with E-state index in [-0.39, 0.29) is 23.4 Å². The molecule has 2 aromatic carbocycles. The zero-order valence-corrected chi connectivity index (χ0v) is 19.9. The molecule has 1 heterocycles. The molecule has 0 N–H and O–H groups in total. The van der Waals surface area contributed by atoms with Crippen LogP contribution < -0.4 is 0 Å². The van der Waals surface area contributed by atoms with Gasteiger partial charge in [-0.2, -0.15) is 4.31 Å². The lowest BCUT2D eigenvalue weighted by molar-refractivity contribution is -0.133. The van der Waals surface area contributed by atoms with E-state index < -0.39 is 10.0 Å². The lowest BCUT2D eigenvalue weighted by Crippen LogP contribution is -2.46. The van der Waals surface area contributed by atoms with Crippen molar-refractivity contribution in [3.05, 3.63) is 66.5 Å². The van der Waals surface area contributed by atoms with Crippen molar-refractivity contribution in [1.29, 1.82) is 0 Å². The van der Waals surface area contributed by atoms with Crippen LogP contribution in [0.4, 0.5) is 0 Å². The quantitative estimate of drug-likeness (QED) is 0.469. The SMILES string of the molecule is COCCN(Cc1cccn1C)C(=O)CN(C(C)C)S(=O)(=O)c1ccc2ccccc2c1. The topological polar surface area (TPSA) is 71.8 Å². The molecule has 0 fully saturated rings. The van der Waals surface area contributed by atoms with Gasteiger partial charge in [-0.15, -0.1) is 0 Å². The highest BCUT2D eigenvalue weighted by atomic mass is 32.2. The molecule has 0 aliphatic carbocycles. The number of sulfonamides is 1. The van der Waals surface area contributed by atoms with E-state index in [9.17, 15) is 13.2 Å². The van der Waals surface area contributed by atoms with Crippen LogP contribution in [0, 0.1) is 0 Å². The summed E-state index contributed by atoms with van der Waals surface area (Å²) in [7, 11) is -0.367. The lowest BCUT2D eigenvalue weighted by Gasteiger charge is -2.29. The van der Waals surface area contributed by atoms with Crippen molar-refractivity contribution < 1.29 is 17.9 Å². The smallest absolute Gasteiger partial charge is 0.243 e. The van der Waals surface area contributed by atoms with Gasteiger partial charge in [-0.25, -0.2) is 8.42 Å². The van der Waals surface area contributed by atoms with Crippen molar-refractivity contribution in [3.8, 4) is 0 Å². The van der Waals surface area contributed by atoms with Gasteiger partial charge in [0.05, 0.1) is 24.6 Å². The maximum Gasteiger partial charge on any atom is 0.243 e. The van der Waals surface area contributed by atoms with Gasteiger partial charge >= 0.3 is 0 Å². The highest BCUT2D eigenvalue weighted by molar-refractivity contribution is 7.89. The molecule has 32 heavy (non-hydrogen) atoms. The third-order valence-corrected chi connectivity index (χ3v) is 7.53. The Morgan fingerprint density at radius 3 is 2.41 bits per heavy atom. The fourth-order valence-corrected chi connectivity index (χ4v) is 5.21. The molecule has 8 heteroatoms. The van der Waals surface area contributed by atoms with Crippen molar-refractivity contribution in [2.45, 2.75) is 31.3 Å². The number of amides is 1. The van der Waals surface area contributed by atoms with Gasteiger partial charge in [0.1, 0.15) is 0 Å². The minimum Gasteiger partial charge on any atom is -0.383 e. The predicted octanol–water partition coefficient (Wildman–Crippen LogP) is 3.25. The van der Waals surface area contributed by atoms with Crippen LogP contribution in [0.1, 0.15) is 19.5 Å². The molecule has 172 valence electrons. The number of hydrogen-bond donors (Lipinski definition) is 0. The zero-order chi connectivity index (χ0) is 23.3. The summed E-state index contributed by atoms with van der Waals surface area (Å²) in [5.41, 5.74) is 0.961.